The first kappa shape index (κ1) is 14.9. The van der Waals surface area contributed by atoms with Crippen LogP contribution in [0, 0.1) is 6.07 Å². The maximum Gasteiger partial charge on any atom is 0.191 e. The van der Waals surface area contributed by atoms with E-state index in [9.17, 15) is 0 Å². The molecule has 17 heavy (non-hydrogen) atoms. The first-order valence-electron chi connectivity index (χ1n) is 6.03. The lowest BCUT2D eigenvalue weighted by Crippen LogP contribution is -2.41. The smallest absolute Gasteiger partial charge is 0.191 e. The molecule has 0 unspecified atom stereocenters. The average molecular weight is 314 g/mol. The third-order valence-corrected chi connectivity index (χ3v) is 8.46. The van der Waals surface area contributed by atoms with Crippen molar-refractivity contribution < 1.29 is 4.43 Å². The molecule has 0 heterocycles. The van der Waals surface area contributed by atoms with Gasteiger partial charge in [0, 0.05) is 17.1 Å². The Balaban J connectivity index is 2.48. The second kappa shape index (κ2) is 5.68. The molecule has 1 aromatic rings. The van der Waals surface area contributed by atoms with E-state index >= 15 is 0 Å². The van der Waals surface area contributed by atoms with Gasteiger partial charge in [-0.3, -0.25) is 0 Å². The minimum atomic E-state index is -1.60. The van der Waals surface area contributed by atoms with E-state index < -0.39 is 8.32 Å². The average Bonchev–Trinajstić information content (AvgIpc) is 2.15. The molecule has 0 bridgehead atoms. The molecular formula is C14H22BrOSi. The number of hydrogen-bond donors (Lipinski definition) is 0. The molecule has 0 spiro atoms. The number of hydrogen-bond acceptors (Lipinski definition) is 1. The summed E-state index contributed by atoms with van der Waals surface area (Å²) in [4.78, 5) is 0. The quantitative estimate of drug-likeness (QED) is 0.724. The Hall–Kier alpha value is -0.123. The lowest BCUT2D eigenvalue weighted by Gasteiger charge is -2.36. The van der Waals surface area contributed by atoms with E-state index in [1.165, 1.54) is 5.56 Å². The zero-order valence-corrected chi connectivity index (χ0v) is 14.0. The van der Waals surface area contributed by atoms with Gasteiger partial charge >= 0.3 is 0 Å². The first-order valence-corrected chi connectivity index (χ1v) is 9.73. The molecule has 1 rings (SSSR count). The fourth-order valence-electron chi connectivity index (χ4n) is 1.26. The van der Waals surface area contributed by atoms with E-state index in [1.54, 1.807) is 0 Å². The second-order valence-corrected chi connectivity index (χ2v) is 11.5. The summed E-state index contributed by atoms with van der Waals surface area (Å²) in [5, 5.41) is 0.286. The van der Waals surface area contributed by atoms with Crippen LogP contribution in [-0.4, -0.2) is 14.9 Å². The molecule has 0 N–H and O–H groups in total. The fourth-order valence-corrected chi connectivity index (χ4v) is 2.72. The summed E-state index contributed by atoms with van der Waals surface area (Å²) in [6.45, 7) is 12.2. The van der Waals surface area contributed by atoms with E-state index in [4.69, 9.17) is 4.43 Å². The van der Waals surface area contributed by atoms with Crippen LogP contribution in [0.1, 0.15) is 26.3 Å². The molecule has 0 aliphatic carbocycles. The van der Waals surface area contributed by atoms with Crippen molar-refractivity contribution in [2.24, 2.45) is 0 Å². The molecule has 0 aliphatic rings. The molecule has 1 aromatic carbocycles. The molecule has 0 amide bonds. The van der Waals surface area contributed by atoms with E-state index in [1.807, 2.05) is 12.1 Å². The van der Waals surface area contributed by atoms with Crippen molar-refractivity contribution in [2.75, 3.05) is 6.61 Å². The summed E-state index contributed by atoms with van der Waals surface area (Å²) < 4.78 is 7.16. The molecule has 0 fully saturated rings. The molecule has 0 saturated heterocycles. The summed E-state index contributed by atoms with van der Waals surface area (Å²) in [5.41, 5.74) is 1.21. The fraction of sp³-hybridized carbons (Fsp3) is 0.571. The molecule has 1 nitrogen and oxygen atoms in total. The molecule has 1 radical (unpaired) electrons. The number of benzene rings is 1. The highest BCUT2D eigenvalue weighted by molar-refractivity contribution is 9.10. The van der Waals surface area contributed by atoms with Gasteiger partial charge in [0.1, 0.15) is 0 Å². The van der Waals surface area contributed by atoms with Crippen LogP contribution >= 0.6 is 15.9 Å². The second-order valence-electron chi connectivity index (χ2n) is 5.88. The van der Waals surface area contributed by atoms with Crippen LogP contribution in [0.2, 0.25) is 18.1 Å². The van der Waals surface area contributed by atoms with Gasteiger partial charge < -0.3 is 4.43 Å². The van der Waals surface area contributed by atoms with Crippen LogP contribution in [0.15, 0.2) is 22.7 Å². The maximum absolute atomic E-state index is 6.14. The predicted octanol–water partition coefficient (Wildman–Crippen LogP) is 4.81. The molecular weight excluding hydrogens is 292 g/mol. The van der Waals surface area contributed by atoms with Crippen molar-refractivity contribution in [3.05, 3.63) is 34.3 Å². The van der Waals surface area contributed by atoms with Crippen molar-refractivity contribution in [1.82, 2.24) is 0 Å². The van der Waals surface area contributed by atoms with Crippen LogP contribution in [0.5, 0.6) is 0 Å². The van der Waals surface area contributed by atoms with Crippen molar-refractivity contribution in [1.29, 1.82) is 0 Å². The maximum atomic E-state index is 6.14. The van der Waals surface area contributed by atoms with Gasteiger partial charge in [-0.15, -0.1) is 0 Å². The highest BCUT2D eigenvalue weighted by Crippen LogP contribution is 2.36. The largest absolute Gasteiger partial charge is 0.416 e. The summed E-state index contributed by atoms with van der Waals surface area (Å²) in [6, 6.07) is 9.42. The Morgan fingerprint density at radius 3 is 2.47 bits per heavy atom. The predicted molar refractivity (Wildman–Crippen MR) is 79.8 cm³/mol. The van der Waals surface area contributed by atoms with E-state index in [-0.39, 0.29) is 5.04 Å². The Labute approximate surface area is 115 Å². The number of rotatable bonds is 4. The Kier molecular flexibility index (Phi) is 4.99. The van der Waals surface area contributed by atoms with Crippen LogP contribution < -0.4 is 0 Å². The Morgan fingerprint density at radius 2 is 1.94 bits per heavy atom. The van der Waals surface area contributed by atoms with Crippen LogP contribution in [0.4, 0.5) is 0 Å². The van der Waals surface area contributed by atoms with Crippen molar-refractivity contribution in [2.45, 2.75) is 45.3 Å². The summed E-state index contributed by atoms with van der Waals surface area (Å²) >= 11 is 3.44. The standard InChI is InChI=1S/C14H22BrOSi/c1-14(2,3)17(4,5)16-10-9-12-7-6-8-13(15)11-12/h6-8H,9-10H2,1-5H3. The van der Waals surface area contributed by atoms with Gasteiger partial charge in [0.25, 0.3) is 0 Å². The normalized spacial score (nSPS) is 12.8. The van der Waals surface area contributed by atoms with Crippen LogP contribution in [0.25, 0.3) is 0 Å². The van der Waals surface area contributed by atoms with Crippen molar-refractivity contribution in [3.8, 4) is 0 Å². The molecule has 0 atom stereocenters. The third kappa shape index (κ3) is 4.57. The lowest BCUT2D eigenvalue weighted by atomic mass is 10.2. The summed E-state index contributed by atoms with van der Waals surface area (Å²) in [5.74, 6) is 0. The van der Waals surface area contributed by atoms with Gasteiger partial charge in [0.2, 0.25) is 0 Å². The minimum Gasteiger partial charge on any atom is -0.416 e. The molecule has 0 aromatic heterocycles. The highest BCUT2D eigenvalue weighted by atomic mass is 79.9. The topological polar surface area (TPSA) is 9.23 Å². The van der Waals surface area contributed by atoms with Gasteiger partial charge in [-0.1, -0.05) is 48.8 Å². The van der Waals surface area contributed by atoms with Gasteiger partial charge in [-0.05, 0) is 36.2 Å². The van der Waals surface area contributed by atoms with Gasteiger partial charge in [-0.2, -0.15) is 0 Å². The van der Waals surface area contributed by atoms with E-state index in [0.717, 1.165) is 17.5 Å². The summed E-state index contributed by atoms with van der Waals surface area (Å²) in [7, 11) is -1.60. The monoisotopic (exact) mass is 313 g/mol. The van der Waals surface area contributed by atoms with Crippen molar-refractivity contribution >= 4 is 24.2 Å². The zero-order valence-electron chi connectivity index (χ0n) is 11.4. The molecule has 95 valence electrons. The van der Waals surface area contributed by atoms with E-state index in [0.29, 0.717) is 0 Å². The SMILES string of the molecule is CC(C)(C)[Si](C)(C)OCCc1[c]c(Br)ccc1. The Bertz CT molecular complexity index is 369. The summed E-state index contributed by atoms with van der Waals surface area (Å²) in [6.07, 6.45) is 0.936. The first-order chi connectivity index (χ1) is 7.72. The van der Waals surface area contributed by atoms with Gasteiger partial charge in [-0.25, -0.2) is 0 Å². The minimum absolute atomic E-state index is 0.286. The van der Waals surface area contributed by atoms with Crippen LogP contribution in [0.3, 0.4) is 0 Å². The van der Waals surface area contributed by atoms with Gasteiger partial charge in [0.15, 0.2) is 8.32 Å². The molecule has 3 heteroatoms. The Morgan fingerprint density at radius 1 is 1.29 bits per heavy atom. The highest BCUT2D eigenvalue weighted by Gasteiger charge is 2.36. The third-order valence-electron chi connectivity index (χ3n) is 3.46. The lowest BCUT2D eigenvalue weighted by molar-refractivity contribution is 0.292. The van der Waals surface area contributed by atoms with E-state index in [2.05, 4.69) is 61.9 Å². The molecule has 0 aliphatic heterocycles. The molecule has 0 saturated carbocycles. The van der Waals surface area contributed by atoms with Gasteiger partial charge in [0.05, 0.1) is 0 Å². The number of halogens is 1. The zero-order chi connectivity index (χ0) is 13.1. The van der Waals surface area contributed by atoms with Crippen LogP contribution in [-0.2, 0) is 10.8 Å². The van der Waals surface area contributed by atoms with Crippen molar-refractivity contribution in [3.63, 3.8) is 0 Å².